The maximum Gasteiger partial charge on any atom is 0.225 e. The lowest BCUT2D eigenvalue weighted by atomic mass is 9.95. The highest BCUT2D eigenvalue weighted by molar-refractivity contribution is 5.81. The molecule has 25 heavy (non-hydrogen) atoms. The van der Waals surface area contributed by atoms with E-state index in [4.69, 9.17) is 0 Å². The summed E-state index contributed by atoms with van der Waals surface area (Å²) in [4.78, 5) is 11.9. The topological polar surface area (TPSA) is 49.3 Å². The molecule has 0 rings (SSSR count). The van der Waals surface area contributed by atoms with Crippen molar-refractivity contribution < 1.29 is 9.90 Å². The molecule has 0 aliphatic rings. The van der Waals surface area contributed by atoms with Crippen LogP contribution in [0, 0.1) is 5.41 Å². The van der Waals surface area contributed by atoms with Crippen LogP contribution in [0.25, 0.3) is 0 Å². The van der Waals surface area contributed by atoms with Gasteiger partial charge in [0.1, 0.15) is 0 Å². The van der Waals surface area contributed by atoms with Crippen LogP contribution in [0.4, 0.5) is 0 Å². The minimum absolute atomic E-state index is 0.0258. The summed E-state index contributed by atoms with van der Waals surface area (Å²) >= 11 is 0. The number of amides is 1. The molecule has 0 aliphatic heterocycles. The van der Waals surface area contributed by atoms with Gasteiger partial charge in [0.05, 0.1) is 12.1 Å². The van der Waals surface area contributed by atoms with E-state index in [0.717, 1.165) is 6.42 Å². The summed E-state index contributed by atoms with van der Waals surface area (Å²) in [5, 5.41) is 13.0. The summed E-state index contributed by atoms with van der Waals surface area (Å²) in [5.41, 5.74) is -0.423. The average Bonchev–Trinajstić information content (AvgIpc) is 2.54. The number of hydrogen-bond acceptors (Lipinski definition) is 2. The number of carbonyl (C=O) groups excluding carboxylic acids is 1. The van der Waals surface area contributed by atoms with Crippen LogP contribution in [0.2, 0.25) is 0 Å². The second kappa shape index (κ2) is 14.4. The van der Waals surface area contributed by atoms with E-state index in [0.29, 0.717) is 0 Å². The molecule has 0 aromatic rings. The van der Waals surface area contributed by atoms with Crippen molar-refractivity contribution in [3.8, 4) is 0 Å². The Morgan fingerprint density at radius 2 is 1.44 bits per heavy atom. The third-order valence-corrected chi connectivity index (χ3v) is 4.61. The van der Waals surface area contributed by atoms with Gasteiger partial charge in [0.25, 0.3) is 0 Å². The van der Waals surface area contributed by atoms with Crippen molar-refractivity contribution in [2.24, 2.45) is 5.41 Å². The summed E-state index contributed by atoms with van der Waals surface area (Å²) in [6.07, 6.45) is 17.7. The quantitative estimate of drug-likeness (QED) is 0.308. The van der Waals surface area contributed by atoms with Gasteiger partial charge in [-0.25, -0.2) is 0 Å². The lowest BCUT2D eigenvalue weighted by molar-refractivity contribution is -0.129. The van der Waals surface area contributed by atoms with Crippen LogP contribution < -0.4 is 5.32 Å². The van der Waals surface area contributed by atoms with Crippen LogP contribution in [0.5, 0.6) is 0 Å². The van der Waals surface area contributed by atoms with Crippen LogP contribution in [0.1, 0.15) is 105 Å². The molecule has 0 spiro atoms. The normalized spacial score (nSPS) is 14.6. The van der Waals surface area contributed by atoms with E-state index in [2.05, 4.69) is 18.3 Å². The van der Waals surface area contributed by atoms with E-state index < -0.39 is 11.5 Å². The van der Waals surface area contributed by atoms with Crippen LogP contribution in [-0.4, -0.2) is 23.2 Å². The smallest absolute Gasteiger partial charge is 0.225 e. The number of aliphatic hydroxyl groups is 1. The second-order valence-electron chi connectivity index (χ2n) is 8.40. The highest BCUT2D eigenvalue weighted by atomic mass is 16.3. The number of hydrogen-bond donors (Lipinski definition) is 2. The van der Waals surface area contributed by atoms with Gasteiger partial charge in [0, 0.05) is 5.41 Å². The Hall–Kier alpha value is -0.830. The van der Waals surface area contributed by atoms with E-state index in [9.17, 15) is 9.90 Å². The average molecular weight is 354 g/mol. The fourth-order valence-electron chi connectivity index (χ4n) is 2.66. The van der Waals surface area contributed by atoms with Gasteiger partial charge < -0.3 is 10.4 Å². The molecule has 0 heterocycles. The van der Waals surface area contributed by atoms with Crippen molar-refractivity contribution in [3.63, 3.8) is 0 Å². The van der Waals surface area contributed by atoms with Gasteiger partial charge in [-0.2, -0.15) is 0 Å². The van der Waals surface area contributed by atoms with Gasteiger partial charge in [0.2, 0.25) is 5.91 Å². The Labute approximate surface area is 156 Å². The van der Waals surface area contributed by atoms with Crippen molar-refractivity contribution in [2.45, 2.75) is 117 Å². The van der Waals surface area contributed by atoms with Gasteiger partial charge in [-0.15, -0.1) is 0 Å². The summed E-state index contributed by atoms with van der Waals surface area (Å²) < 4.78 is 0. The first-order chi connectivity index (χ1) is 11.8. The molecule has 0 unspecified atom stereocenters. The van der Waals surface area contributed by atoms with Crippen molar-refractivity contribution in [2.75, 3.05) is 0 Å². The Balaban J connectivity index is 3.62. The highest BCUT2D eigenvalue weighted by Crippen LogP contribution is 2.14. The minimum Gasteiger partial charge on any atom is -0.387 e. The summed E-state index contributed by atoms with van der Waals surface area (Å²) in [6, 6.07) is -0.254. The maximum absolute atomic E-state index is 11.9. The number of aliphatic hydroxyl groups excluding tert-OH is 1. The van der Waals surface area contributed by atoms with Gasteiger partial charge in [-0.1, -0.05) is 97.6 Å². The predicted molar refractivity (Wildman–Crippen MR) is 109 cm³/mol. The predicted octanol–water partition coefficient (Wildman–Crippen LogP) is 5.77. The zero-order chi connectivity index (χ0) is 19.1. The Morgan fingerprint density at radius 3 is 1.92 bits per heavy atom. The first kappa shape index (κ1) is 24.2. The summed E-state index contributed by atoms with van der Waals surface area (Å²) in [7, 11) is 0. The molecule has 0 aromatic heterocycles. The van der Waals surface area contributed by atoms with Gasteiger partial charge in [-0.3, -0.25) is 4.79 Å². The van der Waals surface area contributed by atoms with Crippen LogP contribution in [0.3, 0.4) is 0 Å². The molecule has 0 bridgehead atoms. The van der Waals surface area contributed by atoms with Crippen molar-refractivity contribution in [1.82, 2.24) is 5.32 Å². The minimum atomic E-state index is -0.616. The lowest BCUT2D eigenvalue weighted by Crippen LogP contribution is -2.45. The van der Waals surface area contributed by atoms with Crippen LogP contribution in [-0.2, 0) is 4.79 Å². The first-order valence-electron chi connectivity index (χ1n) is 10.4. The maximum atomic E-state index is 11.9. The van der Waals surface area contributed by atoms with Gasteiger partial charge in [-0.05, 0) is 19.8 Å². The molecular weight excluding hydrogens is 310 g/mol. The Morgan fingerprint density at radius 1 is 0.960 bits per heavy atom. The molecule has 1 amide bonds. The zero-order valence-corrected chi connectivity index (χ0v) is 17.4. The van der Waals surface area contributed by atoms with Crippen molar-refractivity contribution in [1.29, 1.82) is 0 Å². The molecule has 2 atom stereocenters. The SMILES string of the molecule is CCCCCCCCCCCC/C=C/[C@H](O)[C@@H](C)NC(=O)C(C)(C)C. The van der Waals surface area contributed by atoms with E-state index in [1.165, 1.54) is 64.2 Å². The molecule has 3 heteroatoms. The number of allylic oxidation sites excluding steroid dienone is 1. The summed E-state index contributed by atoms with van der Waals surface area (Å²) in [6.45, 7) is 9.74. The fraction of sp³-hybridized carbons (Fsp3) is 0.864. The molecule has 0 fully saturated rings. The largest absolute Gasteiger partial charge is 0.387 e. The van der Waals surface area contributed by atoms with Crippen LogP contribution >= 0.6 is 0 Å². The zero-order valence-electron chi connectivity index (χ0n) is 17.4. The fourth-order valence-corrected chi connectivity index (χ4v) is 2.66. The lowest BCUT2D eigenvalue weighted by Gasteiger charge is -2.23. The number of unbranched alkanes of at least 4 members (excludes halogenated alkanes) is 10. The van der Waals surface area contributed by atoms with Crippen LogP contribution in [0.15, 0.2) is 12.2 Å². The highest BCUT2D eigenvalue weighted by Gasteiger charge is 2.24. The van der Waals surface area contributed by atoms with E-state index in [1.807, 2.05) is 33.8 Å². The van der Waals surface area contributed by atoms with E-state index in [1.54, 1.807) is 0 Å². The van der Waals surface area contributed by atoms with Crippen molar-refractivity contribution in [3.05, 3.63) is 12.2 Å². The summed E-state index contributed by atoms with van der Waals surface area (Å²) in [5.74, 6) is -0.0258. The van der Waals surface area contributed by atoms with E-state index >= 15 is 0 Å². The first-order valence-corrected chi connectivity index (χ1v) is 10.4. The molecule has 148 valence electrons. The van der Waals surface area contributed by atoms with Crippen molar-refractivity contribution >= 4 is 5.91 Å². The molecule has 0 saturated heterocycles. The molecule has 3 nitrogen and oxygen atoms in total. The second-order valence-corrected chi connectivity index (χ2v) is 8.40. The molecule has 0 saturated carbocycles. The van der Waals surface area contributed by atoms with E-state index in [-0.39, 0.29) is 11.9 Å². The molecule has 0 radical (unpaired) electrons. The third kappa shape index (κ3) is 14.1. The standard InChI is InChI=1S/C22H43NO2/c1-6-7-8-9-10-11-12-13-14-15-16-17-18-20(24)19(2)23-21(25)22(3,4)5/h17-20,24H,6-16H2,1-5H3,(H,23,25)/b18-17+/t19-,20+/m1/s1. The molecule has 0 aromatic carbocycles. The molecule has 2 N–H and O–H groups in total. The monoisotopic (exact) mass is 353 g/mol. The van der Waals surface area contributed by atoms with Gasteiger partial charge >= 0.3 is 0 Å². The molecule has 0 aliphatic carbocycles. The number of carbonyl (C=O) groups is 1. The third-order valence-electron chi connectivity index (χ3n) is 4.61. The Bertz CT molecular complexity index is 358. The number of nitrogens with one attached hydrogen (secondary N) is 1. The Kier molecular flexibility index (Phi) is 13.9. The van der Waals surface area contributed by atoms with Gasteiger partial charge in [0.15, 0.2) is 0 Å². The number of rotatable bonds is 14. The molecular formula is C22H43NO2.